The molecule has 1 aromatic heterocycles. The van der Waals surface area contributed by atoms with Gasteiger partial charge in [0.1, 0.15) is 6.04 Å². The van der Waals surface area contributed by atoms with Crippen LogP contribution in [-0.4, -0.2) is 41.7 Å². The maximum atomic E-state index is 11.1. The van der Waals surface area contributed by atoms with E-state index in [4.69, 9.17) is 16.7 Å². The molecule has 2 N–H and O–H groups in total. The molecule has 1 fully saturated rings. The van der Waals surface area contributed by atoms with Crippen molar-refractivity contribution in [2.24, 2.45) is 0 Å². The van der Waals surface area contributed by atoms with Crippen molar-refractivity contribution in [2.75, 3.05) is 19.6 Å². The predicted octanol–water partition coefficient (Wildman–Crippen LogP) is 1.26. The van der Waals surface area contributed by atoms with Gasteiger partial charge in [-0.15, -0.1) is 11.3 Å². The van der Waals surface area contributed by atoms with Gasteiger partial charge in [0.05, 0.1) is 4.34 Å². The van der Waals surface area contributed by atoms with Crippen molar-refractivity contribution in [3.05, 3.63) is 21.3 Å². The van der Waals surface area contributed by atoms with E-state index in [0.717, 1.165) is 22.3 Å². The molecule has 1 aromatic rings. The summed E-state index contributed by atoms with van der Waals surface area (Å²) >= 11 is 7.35. The molecule has 6 heteroatoms. The van der Waals surface area contributed by atoms with Gasteiger partial charge in [-0.05, 0) is 12.1 Å². The number of hydrogen-bond donors (Lipinski definition) is 2. The number of carboxylic acid groups (broad SMARTS) is 1. The highest BCUT2D eigenvalue weighted by molar-refractivity contribution is 7.16. The summed E-state index contributed by atoms with van der Waals surface area (Å²) in [6.07, 6.45) is 0. The van der Waals surface area contributed by atoms with Gasteiger partial charge in [0.15, 0.2) is 0 Å². The second kappa shape index (κ2) is 5.14. The molecule has 16 heavy (non-hydrogen) atoms. The lowest BCUT2D eigenvalue weighted by Gasteiger charge is -2.32. The number of halogens is 1. The standard InChI is InChI=1S/C10H13ClN2O2S/c11-9-2-1-7(16-9)6-13-4-3-12-5-8(13)10(14)15/h1-2,8,12H,3-6H2,(H,14,15). The van der Waals surface area contributed by atoms with Gasteiger partial charge >= 0.3 is 5.97 Å². The molecule has 2 rings (SSSR count). The highest BCUT2D eigenvalue weighted by Gasteiger charge is 2.28. The lowest BCUT2D eigenvalue weighted by molar-refractivity contribution is -0.144. The number of thiophene rings is 1. The molecule has 2 heterocycles. The molecule has 1 aliphatic heterocycles. The lowest BCUT2D eigenvalue weighted by Crippen LogP contribution is -2.54. The third kappa shape index (κ3) is 2.74. The Balaban J connectivity index is 2.03. The number of nitrogens with one attached hydrogen (secondary N) is 1. The van der Waals surface area contributed by atoms with Gasteiger partial charge < -0.3 is 10.4 Å². The van der Waals surface area contributed by atoms with Crippen LogP contribution < -0.4 is 5.32 Å². The Labute approximate surface area is 103 Å². The van der Waals surface area contributed by atoms with Crippen LogP contribution >= 0.6 is 22.9 Å². The Morgan fingerprint density at radius 1 is 1.69 bits per heavy atom. The number of piperazine rings is 1. The molecule has 0 aliphatic carbocycles. The molecular weight excluding hydrogens is 248 g/mol. The van der Waals surface area contributed by atoms with Crippen LogP contribution in [-0.2, 0) is 11.3 Å². The molecule has 0 spiro atoms. The molecule has 1 saturated heterocycles. The van der Waals surface area contributed by atoms with Crippen LogP contribution in [0.1, 0.15) is 4.88 Å². The minimum absolute atomic E-state index is 0.436. The zero-order chi connectivity index (χ0) is 11.5. The summed E-state index contributed by atoms with van der Waals surface area (Å²) in [4.78, 5) is 14.1. The lowest BCUT2D eigenvalue weighted by atomic mass is 10.2. The zero-order valence-corrected chi connectivity index (χ0v) is 10.2. The van der Waals surface area contributed by atoms with Gasteiger partial charge in [-0.2, -0.15) is 0 Å². The van der Waals surface area contributed by atoms with Crippen molar-refractivity contribution in [3.8, 4) is 0 Å². The number of hydrogen-bond acceptors (Lipinski definition) is 4. The molecule has 0 saturated carbocycles. The van der Waals surface area contributed by atoms with Crippen LogP contribution in [0.2, 0.25) is 4.34 Å². The number of rotatable bonds is 3. The summed E-state index contributed by atoms with van der Waals surface area (Å²) < 4.78 is 0.747. The fourth-order valence-corrected chi connectivity index (χ4v) is 2.93. The van der Waals surface area contributed by atoms with Gasteiger partial charge in [-0.25, -0.2) is 0 Å². The molecule has 0 amide bonds. The Bertz CT molecular complexity index is 383. The topological polar surface area (TPSA) is 52.6 Å². The SMILES string of the molecule is O=C(O)C1CNCCN1Cc1ccc(Cl)s1. The molecule has 1 aliphatic rings. The molecule has 4 nitrogen and oxygen atoms in total. The largest absolute Gasteiger partial charge is 0.480 e. The Morgan fingerprint density at radius 3 is 3.12 bits per heavy atom. The van der Waals surface area contributed by atoms with E-state index in [1.54, 1.807) is 0 Å². The number of carbonyl (C=O) groups is 1. The number of carboxylic acids is 1. The van der Waals surface area contributed by atoms with E-state index < -0.39 is 12.0 Å². The molecule has 0 radical (unpaired) electrons. The van der Waals surface area contributed by atoms with Crippen molar-refractivity contribution in [1.82, 2.24) is 10.2 Å². The van der Waals surface area contributed by atoms with E-state index in [1.807, 2.05) is 17.0 Å². The molecule has 0 aromatic carbocycles. The highest BCUT2D eigenvalue weighted by atomic mass is 35.5. The summed E-state index contributed by atoms with van der Waals surface area (Å²) in [5.74, 6) is -0.769. The highest BCUT2D eigenvalue weighted by Crippen LogP contribution is 2.23. The molecule has 88 valence electrons. The van der Waals surface area contributed by atoms with Crippen molar-refractivity contribution in [2.45, 2.75) is 12.6 Å². The summed E-state index contributed by atoms with van der Waals surface area (Å²) in [5.41, 5.74) is 0. The van der Waals surface area contributed by atoms with Crippen LogP contribution in [0, 0.1) is 0 Å². The maximum Gasteiger partial charge on any atom is 0.322 e. The predicted molar refractivity (Wildman–Crippen MR) is 64.0 cm³/mol. The fourth-order valence-electron chi connectivity index (χ4n) is 1.82. The van der Waals surface area contributed by atoms with Crippen molar-refractivity contribution in [1.29, 1.82) is 0 Å². The van der Waals surface area contributed by atoms with E-state index in [9.17, 15) is 4.79 Å². The minimum atomic E-state index is -0.769. The first kappa shape index (κ1) is 11.9. The van der Waals surface area contributed by atoms with Crippen molar-refractivity contribution in [3.63, 3.8) is 0 Å². The average Bonchev–Trinajstić information content (AvgIpc) is 2.64. The number of nitrogens with zero attached hydrogens (tertiary/aromatic N) is 1. The van der Waals surface area contributed by atoms with E-state index >= 15 is 0 Å². The van der Waals surface area contributed by atoms with Gasteiger partial charge in [-0.1, -0.05) is 11.6 Å². The Morgan fingerprint density at radius 2 is 2.50 bits per heavy atom. The van der Waals surface area contributed by atoms with Crippen molar-refractivity contribution >= 4 is 28.9 Å². The average molecular weight is 261 g/mol. The van der Waals surface area contributed by atoms with E-state index in [1.165, 1.54) is 11.3 Å². The summed E-state index contributed by atoms with van der Waals surface area (Å²) in [6, 6.07) is 3.36. The number of aliphatic carboxylic acids is 1. The van der Waals surface area contributed by atoms with E-state index in [0.29, 0.717) is 13.1 Å². The third-order valence-corrected chi connectivity index (χ3v) is 3.84. The van der Waals surface area contributed by atoms with Crippen LogP contribution in [0.5, 0.6) is 0 Å². The summed E-state index contributed by atoms with van der Waals surface area (Å²) in [6.45, 7) is 2.76. The van der Waals surface area contributed by atoms with Gasteiger partial charge in [0.25, 0.3) is 0 Å². The van der Waals surface area contributed by atoms with Gasteiger partial charge in [-0.3, -0.25) is 9.69 Å². The summed E-state index contributed by atoms with van der Waals surface area (Å²) in [7, 11) is 0. The second-order valence-electron chi connectivity index (χ2n) is 3.73. The van der Waals surface area contributed by atoms with E-state index in [-0.39, 0.29) is 0 Å². The van der Waals surface area contributed by atoms with Crippen LogP contribution in [0.3, 0.4) is 0 Å². The van der Waals surface area contributed by atoms with Crippen LogP contribution in [0.25, 0.3) is 0 Å². The molecular formula is C10H13ClN2O2S. The van der Waals surface area contributed by atoms with Crippen LogP contribution in [0.15, 0.2) is 12.1 Å². The van der Waals surface area contributed by atoms with E-state index in [2.05, 4.69) is 5.32 Å². The minimum Gasteiger partial charge on any atom is -0.480 e. The third-order valence-electron chi connectivity index (χ3n) is 2.63. The first-order valence-corrected chi connectivity index (χ1v) is 6.28. The zero-order valence-electron chi connectivity index (χ0n) is 8.65. The Kier molecular flexibility index (Phi) is 3.81. The smallest absolute Gasteiger partial charge is 0.322 e. The first-order chi connectivity index (χ1) is 7.66. The van der Waals surface area contributed by atoms with Crippen molar-refractivity contribution < 1.29 is 9.90 Å². The maximum absolute atomic E-state index is 11.1. The monoisotopic (exact) mass is 260 g/mol. The molecule has 0 bridgehead atoms. The molecule has 1 unspecified atom stereocenters. The first-order valence-electron chi connectivity index (χ1n) is 5.08. The second-order valence-corrected chi connectivity index (χ2v) is 5.53. The van der Waals surface area contributed by atoms with Gasteiger partial charge in [0.2, 0.25) is 0 Å². The fraction of sp³-hybridized carbons (Fsp3) is 0.500. The van der Waals surface area contributed by atoms with Gasteiger partial charge in [0, 0.05) is 31.1 Å². The quantitative estimate of drug-likeness (QED) is 0.859. The molecule has 1 atom stereocenters. The van der Waals surface area contributed by atoms with Crippen LogP contribution in [0.4, 0.5) is 0 Å². The summed E-state index contributed by atoms with van der Waals surface area (Å²) in [5, 5.41) is 12.2. The Hall–Kier alpha value is -0.620. The normalized spacial score (nSPS) is 22.2.